The van der Waals surface area contributed by atoms with Crippen LogP contribution in [0.2, 0.25) is 0 Å². The molecule has 4 aromatic rings. The Morgan fingerprint density at radius 3 is 2.47 bits per heavy atom. The first-order valence-electron chi connectivity index (χ1n) is 11.1. The second-order valence-corrected chi connectivity index (χ2v) is 10.2. The highest BCUT2D eigenvalue weighted by atomic mass is 32.2. The third-order valence-corrected chi connectivity index (χ3v) is 7.61. The molecule has 0 unspecified atom stereocenters. The van der Waals surface area contributed by atoms with Gasteiger partial charge in [-0.1, -0.05) is 0 Å². The summed E-state index contributed by atoms with van der Waals surface area (Å²) in [5.41, 5.74) is 0.0842. The van der Waals surface area contributed by atoms with E-state index < -0.39 is 21.3 Å². The Morgan fingerprint density at radius 2 is 1.83 bits per heavy atom. The van der Waals surface area contributed by atoms with Crippen molar-refractivity contribution >= 4 is 32.8 Å². The van der Waals surface area contributed by atoms with Crippen molar-refractivity contribution in [3.05, 3.63) is 75.6 Å². The molecule has 1 N–H and O–H groups in total. The van der Waals surface area contributed by atoms with E-state index in [1.807, 2.05) is 0 Å². The van der Waals surface area contributed by atoms with Gasteiger partial charge in [-0.05, 0) is 42.8 Å². The number of nitrogens with zero attached hydrogens (tertiary/aromatic N) is 5. The maximum absolute atomic E-state index is 13.5. The second-order valence-electron chi connectivity index (χ2n) is 8.29. The van der Waals surface area contributed by atoms with E-state index in [1.54, 1.807) is 16.7 Å². The van der Waals surface area contributed by atoms with Gasteiger partial charge < -0.3 is 14.3 Å². The van der Waals surface area contributed by atoms with E-state index in [4.69, 9.17) is 4.42 Å². The van der Waals surface area contributed by atoms with Crippen molar-refractivity contribution in [1.29, 1.82) is 0 Å². The molecule has 0 fully saturated rings. The summed E-state index contributed by atoms with van der Waals surface area (Å²) in [4.78, 5) is 40.4. The third-order valence-electron chi connectivity index (χ3n) is 5.75. The number of amides is 1. The summed E-state index contributed by atoms with van der Waals surface area (Å²) in [5, 5.41) is 2.61. The van der Waals surface area contributed by atoms with E-state index >= 15 is 0 Å². The minimum atomic E-state index is -3.91. The van der Waals surface area contributed by atoms with Crippen LogP contribution in [0, 0.1) is 0 Å². The highest BCUT2D eigenvalue weighted by Crippen LogP contribution is 2.21. The summed E-state index contributed by atoms with van der Waals surface area (Å²) in [6.07, 6.45) is 3.30. The minimum absolute atomic E-state index is 0.0176. The number of rotatable bonds is 9. The van der Waals surface area contributed by atoms with Crippen molar-refractivity contribution in [1.82, 2.24) is 23.0 Å². The molecule has 0 aliphatic heterocycles. The molecule has 1 amide bonds. The number of carbonyl (C=O) groups excluding carboxylic acids is 1. The Labute approximate surface area is 206 Å². The lowest BCUT2D eigenvalue weighted by Crippen LogP contribution is -2.37. The minimum Gasteiger partial charge on any atom is -0.468 e. The van der Waals surface area contributed by atoms with Crippen molar-refractivity contribution in [2.24, 2.45) is 14.1 Å². The zero-order valence-electron chi connectivity index (χ0n) is 20.0. The van der Waals surface area contributed by atoms with Gasteiger partial charge in [0.2, 0.25) is 15.9 Å². The zero-order chi connectivity index (χ0) is 26.0. The molecule has 3 aromatic heterocycles. The molecule has 0 radical (unpaired) electrons. The number of fused-ring (bicyclic) bond motifs is 1. The predicted octanol–water partition coefficient (Wildman–Crippen LogP) is 1.27. The lowest BCUT2D eigenvalue weighted by molar-refractivity contribution is -0.114. The van der Waals surface area contributed by atoms with Crippen LogP contribution in [0.5, 0.6) is 0 Å². The molecular weight excluding hydrogens is 488 g/mol. The quantitative estimate of drug-likeness (QED) is 0.354. The molecule has 0 saturated heterocycles. The van der Waals surface area contributed by atoms with Gasteiger partial charge in [-0.15, -0.1) is 0 Å². The molecule has 0 atom stereocenters. The first-order valence-corrected chi connectivity index (χ1v) is 12.5. The molecule has 13 heteroatoms. The van der Waals surface area contributed by atoms with Crippen molar-refractivity contribution in [2.75, 3.05) is 11.9 Å². The van der Waals surface area contributed by atoms with Crippen LogP contribution in [-0.4, -0.2) is 43.9 Å². The van der Waals surface area contributed by atoms with Gasteiger partial charge in [-0.25, -0.2) is 18.2 Å². The number of hydrogen-bond acceptors (Lipinski definition) is 7. The average Bonchev–Trinajstić information content (AvgIpc) is 3.51. The fourth-order valence-corrected chi connectivity index (χ4v) is 5.35. The monoisotopic (exact) mass is 514 g/mol. The SMILES string of the molecule is CC(=O)Nc1ccc(S(=O)(=O)N(CCCn2cnc3c2c(=O)n(C)c(=O)n3C)Cc2ccco2)cc1. The number of sulfonamides is 1. The normalized spacial score (nSPS) is 11.9. The fourth-order valence-electron chi connectivity index (χ4n) is 3.91. The lowest BCUT2D eigenvalue weighted by Gasteiger charge is -2.21. The summed E-state index contributed by atoms with van der Waals surface area (Å²) >= 11 is 0. The summed E-state index contributed by atoms with van der Waals surface area (Å²) in [6, 6.07) is 9.29. The summed E-state index contributed by atoms with van der Waals surface area (Å²) in [7, 11) is -0.972. The van der Waals surface area contributed by atoms with E-state index in [1.165, 1.54) is 66.7 Å². The second kappa shape index (κ2) is 9.95. The molecule has 0 aliphatic carbocycles. The van der Waals surface area contributed by atoms with Crippen molar-refractivity contribution < 1.29 is 17.6 Å². The fraction of sp³-hybridized carbons (Fsp3) is 0.304. The Balaban J connectivity index is 1.58. The van der Waals surface area contributed by atoms with E-state index in [2.05, 4.69) is 10.3 Å². The third kappa shape index (κ3) is 4.88. The standard InChI is InChI=1S/C23H26N6O6S/c1-16(30)25-17-7-9-19(10-8-17)36(33,34)29(14-18-6-4-13-35-18)12-5-11-28-15-24-21-20(28)22(31)27(3)23(32)26(21)2/h4,6-10,13,15H,5,11-12,14H2,1-3H3,(H,25,30). The first-order chi connectivity index (χ1) is 17.1. The average molecular weight is 515 g/mol. The summed E-state index contributed by atoms with van der Waals surface area (Å²) < 4.78 is 37.5. The topological polar surface area (TPSA) is 141 Å². The number of carbonyl (C=O) groups is 1. The van der Waals surface area contributed by atoms with Gasteiger partial charge >= 0.3 is 5.69 Å². The van der Waals surface area contributed by atoms with Gasteiger partial charge in [0.05, 0.1) is 24.0 Å². The maximum atomic E-state index is 13.5. The summed E-state index contributed by atoms with van der Waals surface area (Å²) in [6.45, 7) is 1.82. The summed E-state index contributed by atoms with van der Waals surface area (Å²) in [5.74, 6) is 0.220. The van der Waals surface area contributed by atoms with Crippen LogP contribution in [0.15, 0.2) is 67.9 Å². The molecule has 190 valence electrons. The molecule has 36 heavy (non-hydrogen) atoms. The molecule has 0 aliphatic rings. The van der Waals surface area contributed by atoms with Gasteiger partial charge in [-0.2, -0.15) is 4.31 Å². The van der Waals surface area contributed by atoms with E-state index in [0.29, 0.717) is 24.4 Å². The molecule has 0 spiro atoms. The Morgan fingerprint density at radius 1 is 1.11 bits per heavy atom. The zero-order valence-corrected chi connectivity index (χ0v) is 20.9. The van der Waals surface area contributed by atoms with Crippen LogP contribution < -0.4 is 16.6 Å². The highest BCUT2D eigenvalue weighted by molar-refractivity contribution is 7.89. The van der Waals surface area contributed by atoms with Crippen molar-refractivity contribution in [3.8, 4) is 0 Å². The Kier molecular flexibility index (Phi) is 6.95. The Hall–Kier alpha value is -3.97. The smallest absolute Gasteiger partial charge is 0.332 e. The number of hydrogen-bond donors (Lipinski definition) is 1. The van der Waals surface area contributed by atoms with Gasteiger partial charge in [0.1, 0.15) is 5.76 Å². The number of aromatic nitrogens is 4. The van der Waals surface area contributed by atoms with Gasteiger partial charge in [0.25, 0.3) is 5.56 Å². The predicted molar refractivity (Wildman–Crippen MR) is 132 cm³/mol. The van der Waals surface area contributed by atoms with Gasteiger partial charge in [0.15, 0.2) is 11.2 Å². The molecule has 4 rings (SSSR count). The number of benzene rings is 1. The van der Waals surface area contributed by atoms with Crippen molar-refractivity contribution in [3.63, 3.8) is 0 Å². The number of nitrogens with one attached hydrogen (secondary N) is 1. The van der Waals surface area contributed by atoms with Crippen LogP contribution >= 0.6 is 0 Å². The molecular formula is C23H26N6O6S. The van der Waals surface area contributed by atoms with Crippen LogP contribution in [0.3, 0.4) is 0 Å². The molecule has 12 nitrogen and oxygen atoms in total. The van der Waals surface area contributed by atoms with E-state index in [9.17, 15) is 22.8 Å². The number of anilines is 1. The molecule has 0 saturated carbocycles. The van der Waals surface area contributed by atoms with E-state index in [0.717, 1.165) is 4.57 Å². The number of furan rings is 1. The molecule has 0 bridgehead atoms. The van der Waals surface area contributed by atoms with Crippen LogP contribution in [-0.2, 0) is 42.0 Å². The lowest BCUT2D eigenvalue weighted by atomic mass is 10.3. The van der Waals surface area contributed by atoms with Crippen LogP contribution in [0.1, 0.15) is 19.1 Å². The Bertz CT molecular complexity index is 1610. The van der Waals surface area contributed by atoms with Crippen LogP contribution in [0.4, 0.5) is 5.69 Å². The largest absolute Gasteiger partial charge is 0.468 e. The number of imidazole rings is 1. The van der Waals surface area contributed by atoms with Gasteiger partial charge in [-0.3, -0.25) is 18.7 Å². The number of aryl methyl sites for hydroxylation is 2. The first kappa shape index (κ1) is 25.1. The molecule has 1 aromatic carbocycles. The maximum Gasteiger partial charge on any atom is 0.332 e. The van der Waals surface area contributed by atoms with Crippen molar-refractivity contribution in [2.45, 2.75) is 31.3 Å². The van der Waals surface area contributed by atoms with Gasteiger partial charge in [0, 0.05) is 39.8 Å². The highest BCUT2D eigenvalue weighted by Gasteiger charge is 2.25. The molecule has 3 heterocycles. The van der Waals surface area contributed by atoms with E-state index in [-0.39, 0.29) is 35.1 Å². The van der Waals surface area contributed by atoms with Crippen LogP contribution in [0.25, 0.3) is 11.2 Å².